The zero-order valence-electron chi connectivity index (χ0n) is 15.1. The van der Waals surface area contributed by atoms with E-state index in [1.165, 1.54) is 11.1 Å². The molecule has 0 aliphatic carbocycles. The van der Waals surface area contributed by atoms with Crippen LogP contribution in [0.5, 0.6) is 0 Å². The molecule has 0 aliphatic rings. The van der Waals surface area contributed by atoms with Crippen LogP contribution in [0.3, 0.4) is 0 Å². The van der Waals surface area contributed by atoms with E-state index in [4.69, 9.17) is 0 Å². The topological polar surface area (TPSA) is 54.0 Å². The summed E-state index contributed by atoms with van der Waals surface area (Å²) in [5.74, 6) is 0.736. The van der Waals surface area contributed by atoms with Crippen LogP contribution in [0.2, 0.25) is 0 Å². The number of rotatable bonds is 6. The van der Waals surface area contributed by atoms with E-state index in [1.54, 1.807) is 6.20 Å². The number of nitrogens with zero attached hydrogens (tertiary/aromatic N) is 1. The zero-order valence-corrected chi connectivity index (χ0v) is 15.1. The van der Waals surface area contributed by atoms with Gasteiger partial charge in [0.1, 0.15) is 5.82 Å². The average molecular weight is 345 g/mol. The summed E-state index contributed by atoms with van der Waals surface area (Å²) in [6, 6.07) is 20.1. The number of amides is 1. The van der Waals surface area contributed by atoms with Crippen LogP contribution in [0.25, 0.3) is 0 Å². The molecule has 2 aromatic carbocycles. The van der Waals surface area contributed by atoms with Gasteiger partial charge >= 0.3 is 0 Å². The molecule has 2 N–H and O–H groups in total. The molecule has 0 bridgehead atoms. The molecule has 0 saturated heterocycles. The number of pyridine rings is 1. The maximum atomic E-state index is 12.2. The third-order valence-corrected chi connectivity index (χ3v) is 4.09. The second-order valence-electron chi connectivity index (χ2n) is 6.49. The first-order valence-corrected chi connectivity index (χ1v) is 8.69. The summed E-state index contributed by atoms with van der Waals surface area (Å²) in [5, 5.41) is 6.17. The monoisotopic (exact) mass is 345 g/mol. The fourth-order valence-corrected chi connectivity index (χ4v) is 2.68. The van der Waals surface area contributed by atoms with Gasteiger partial charge in [-0.05, 0) is 37.1 Å². The van der Waals surface area contributed by atoms with Crippen LogP contribution >= 0.6 is 0 Å². The van der Waals surface area contributed by atoms with Crippen molar-refractivity contribution in [2.75, 3.05) is 10.6 Å². The third kappa shape index (κ3) is 5.18. The van der Waals surface area contributed by atoms with Gasteiger partial charge in [0.25, 0.3) is 0 Å². The molecule has 1 aromatic heterocycles. The summed E-state index contributed by atoms with van der Waals surface area (Å²) in [6.45, 7) is 4.81. The molecule has 0 aliphatic heterocycles. The quantitative estimate of drug-likeness (QED) is 0.692. The van der Waals surface area contributed by atoms with Gasteiger partial charge in [0.2, 0.25) is 5.91 Å². The van der Waals surface area contributed by atoms with Gasteiger partial charge in [0.15, 0.2) is 0 Å². The molecule has 0 radical (unpaired) electrons. The summed E-state index contributed by atoms with van der Waals surface area (Å²) in [6.07, 6.45) is 2.03. The van der Waals surface area contributed by atoms with Crippen molar-refractivity contribution in [2.45, 2.75) is 26.8 Å². The van der Waals surface area contributed by atoms with Crippen LogP contribution in [0, 0.1) is 13.8 Å². The maximum Gasteiger partial charge on any atom is 0.228 e. The van der Waals surface area contributed by atoms with Crippen LogP contribution in [-0.2, 0) is 17.8 Å². The van der Waals surface area contributed by atoms with Crippen molar-refractivity contribution in [3.05, 3.63) is 89.1 Å². The normalized spacial score (nSPS) is 10.4. The fourth-order valence-electron chi connectivity index (χ4n) is 2.68. The second-order valence-corrected chi connectivity index (χ2v) is 6.49. The second kappa shape index (κ2) is 8.30. The van der Waals surface area contributed by atoms with Gasteiger partial charge in [-0.15, -0.1) is 0 Å². The number of anilines is 2. The summed E-state index contributed by atoms with van der Waals surface area (Å²) >= 11 is 0. The number of aromatic nitrogens is 1. The Bertz CT molecular complexity index is 871. The average Bonchev–Trinajstić information content (AvgIpc) is 2.62. The molecule has 0 unspecified atom stereocenters. The van der Waals surface area contributed by atoms with Gasteiger partial charge in [0.05, 0.1) is 18.3 Å². The molecule has 132 valence electrons. The number of carbonyl (C=O) groups excluding carboxylic acids is 1. The lowest BCUT2D eigenvalue weighted by Crippen LogP contribution is -2.14. The lowest BCUT2D eigenvalue weighted by Gasteiger charge is -2.08. The standard InChI is InChI=1S/C22H23N3O/c1-16-6-8-18(9-7-16)14-23-21-11-10-20(15-24-21)25-22(26)13-19-5-3-4-17(2)12-19/h3-12,15H,13-14H2,1-2H3,(H,23,24)(H,25,26). The van der Waals surface area contributed by atoms with Crippen molar-refractivity contribution in [3.8, 4) is 0 Å². The summed E-state index contributed by atoms with van der Waals surface area (Å²) in [7, 11) is 0. The highest BCUT2D eigenvalue weighted by Crippen LogP contribution is 2.13. The molecule has 0 atom stereocenters. The van der Waals surface area contributed by atoms with E-state index in [2.05, 4.69) is 46.8 Å². The first-order valence-electron chi connectivity index (χ1n) is 8.69. The molecule has 3 aromatic rings. The first-order chi connectivity index (χ1) is 12.6. The van der Waals surface area contributed by atoms with Gasteiger partial charge in [0, 0.05) is 6.54 Å². The van der Waals surface area contributed by atoms with E-state index in [1.807, 2.05) is 43.3 Å². The minimum atomic E-state index is -0.0437. The molecule has 0 saturated carbocycles. The van der Waals surface area contributed by atoms with Crippen molar-refractivity contribution < 1.29 is 4.79 Å². The number of hydrogen-bond donors (Lipinski definition) is 2. The Labute approximate surface area is 154 Å². The first kappa shape index (κ1) is 17.7. The Morgan fingerprint density at radius 1 is 0.923 bits per heavy atom. The number of nitrogens with one attached hydrogen (secondary N) is 2. The third-order valence-electron chi connectivity index (χ3n) is 4.09. The van der Waals surface area contributed by atoms with Gasteiger partial charge < -0.3 is 10.6 Å². The minimum Gasteiger partial charge on any atom is -0.366 e. The van der Waals surface area contributed by atoms with E-state index in [0.717, 1.165) is 16.9 Å². The number of hydrogen-bond acceptors (Lipinski definition) is 3. The Balaban J connectivity index is 1.52. The maximum absolute atomic E-state index is 12.2. The highest BCUT2D eigenvalue weighted by atomic mass is 16.1. The van der Waals surface area contributed by atoms with E-state index >= 15 is 0 Å². The fraction of sp³-hybridized carbons (Fsp3) is 0.182. The summed E-state index contributed by atoms with van der Waals surface area (Å²) < 4.78 is 0. The predicted octanol–water partition coefficient (Wildman–Crippen LogP) is 4.49. The SMILES string of the molecule is Cc1ccc(CNc2ccc(NC(=O)Cc3cccc(C)c3)cn2)cc1. The molecule has 1 amide bonds. The summed E-state index contributed by atoms with van der Waals surface area (Å²) in [5.41, 5.74) is 5.31. The molecule has 0 fully saturated rings. The van der Waals surface area contributed by atoms with Crippen molar-refractivity contribution >= 4 is 17.4 Å². The Morgan fingerprint density at radius 2 is 1.73 bits per heavy atom. The smallest absolute Gasteiger partial charge is 0.228 e. The van der Waals surface area contributed by atoms with Crippen molar-refractivity contribution in [3.63, 3.8) is 0 Å². The van der Waals surface area contributed by atoms with Crippen LogP contribution in [0.1, 0.15) is 22.3 Å². The van der Waals surface area contributed by atoms with E-state index in [-0.39, 0.29) is 5.91 Å². The van der Waals surface area contributed by atoms with Gasteiger partial charge in [-0.2, -0.15) is 0 Å². The van der Waals surface area contributed by atoms with Gasteiger partial charge in [-0.3, -0.25) is 4.79 Å². The predicted molar refractivity (Wildman–Crippen MR) is 106 cm³/mol. The van der Waals surface area contributed by atoms with Crippen LogP contribution in [-0.4, -0.2) is 10.9 Å². The Hall–Kier alpha value is -3.14. The van der Waals surface area contributed by atoms with Crippen molar-refractivity contribution in [1.29, 1.82) is 0 Å². The van der Waals surface area contributed by atoms with Gasteiger partial charge in [-0.25, -0.2) is 4.98 Å². The van der Waals surface area contributed by atoms with Crippen molar-refractivity contribution in [1.82, 2.24) is 4.98 Å². The number of carbonyl (C=O) groups is 1. The largest absolute Gasteiger partial charge is 0.366 e. The van der Waals surface area contributed by atoms with Crippen LogP contribution < -0.4 is 10.6 Å². The van der Waals surface area contributed by atoms with Crippen LogP contribution in [0.15, 0.2) is 66.9 Å². The molecule has 4 nitrogen and oxygen atoms in total. The Kier molecular flexibility index (Phi) is 5.64. The Morgan fingerprint density at radius 3 is 2.42 bits per heavy atom. The molecular weight excluding hydrogens is 322 g/mol. The highest BCUT2D eigenvalue weighted by molar-refractivity contribution is 5.92. The molecule has 4 heteroatoms. The number of benzene rings is 2. The highest BCUT2D eigenvalue weighted by Gasteiger charge is 2.05. The lowest BCUT2D eigenvalue weighted by molar-refractivity contribution is -0.115. The number of aryl methyl sites for hydroxylation is 2. The van der Waals surface area contributed by atoms with Gasteiger partial charge in [-0.1, -0.05) is 59.7 Å². The molecule has 3 rings (SSSR count). The summed E-state index contributed by atoms with van der Waals surface area (Å²) in [4.78, 5) is 16.5. The van der Waals surface area contributed by atoms with Crippen LogP contribution in [0.4, 0.5) is 11.5 Å². The van der Waals surface area contributed by atoms with E-state index in [9.17, 15) is 4.79 Å². The molecule has 26 heavy (non-hydrogen) atoms. The minimum absolute atomic E-state index is 0.0437. The van der Waals surface area contributed by atoms with E-state index < -0.39 is 0 Å². The zero-order chi connectivity index (χ0) is 18.4. The lowest BCUT2D eigenvalue weighted by atomic mass is 10.1. The van der Waals surface area contributed by atoms with Crippen molar-refractivity contribution in [2.24, 2.45) is 0 Å². The molecular formula is C22H23N3O. The van der Waals surface area contributed by atoms with E-state index in [0.29, 0.717) is 18.7 Å². The molecule has 0 spiro atoms. The molecule has 1 heterocycles.